The van der Waals surface area contributed by atoms with Crippen molar-refractivity contribution in [2.75, 3.05) is 4.72 Å². The van der Waals surface area contributed by atoms with Crippen LogP contribution >= 0.6 is 23.2 Å². The fourth-order valence-corrected chi connectivity index (χ4v) is 3.35. The van der Waals surface area contributed by atoms with Gasteiger partial charge in [0.2, 0.25) is 0 Å². The first-order valence-electron chi connectivity index (χ1n) is 6.57. The van der Waals surface area contributed by atoms with Crippen molar-refractivity contribution in [2.45, 2.75) is 17.7 Å². The van der Waals surface area contributed by atoms with Crippen molar-refractivity contribution in [3.8, 4) is 0 Å². The molecule has 122 valence electrons. The lowest BCUT2D eigenvalue weighted by Crippen LogP contribution is -2.13. The van der Waals surface area contributed by atoms with Gasteiger partial charge in [0.1, 0.15) is 0 Å². The minimum atomic E-state index is -3.81. The number of hydrogen-bond acceptors (Lipinski definition) is 3. The van der Waals surface area contributed by atoms with E-state index in [2.05, 4.69) is 4.72 Å². The highest BCUT2D eigenvalue weighted by molar-refractivity contribution is 7.92. The second-order valence-corrected chi connectivity index (χ2v) is 7.21. The zero-order valence-electron chi connectivity index (χ0n) is 11.8. The summed E-state index contributed by atoms with van der Waals surface area (Å²) in [7, 11) is -3.81. The number of sulfonamides is 1. The number of benzene rings is 2. The van der Waals surface area contributed by atoms with Crippen LogP contribution < -0.4 is 4.72 Å². The molecule has 0 amide bonds. The van der Waals surface area contributed by atoms with Crippen molar-refractivity contribution >= 4 is 44.9 Å². The van der Waals surface area contributed by atoms with Gasteiger partial charge in [-0.2, -0.15) is 0 Å². The second-order valence-electron chi connectivity index (χ2n) is 4.74. The molecule has 0 aromatic heterocycles. The molecule has 2 N–H and O–H groups in total. The summed E-state index contributed by atoms with van der Waals surface area (Å²) >= 11 is 11.8. The van der Waals surface area contributed by atoms with Crippen molar-refractivity contribution in [1.82, 2.24) is 0 Å². The number of carbonyl (C=O) groups is 1. The maximum Gasteiger partial charge on any atom is 0.303 e. The summed E-state index contributed by atoms with van der Waals surface area (Å²) in [5.41, 5.74) is 0.932. The van der Waals surface area contributed by atoms with Crippen LogP contribution in [-0.4, -0.2) is 19.5 Å². The highest BCUT2D eigenvalue weighted by Crippen LogP contribution is 2.31. The Hall–Kier alpha value is -1.76. The molecule has 2 rings (SSSR count). The molecule has 23 heavy (non-hydrogen) atoms. The Morgan fingerprint density at radius 2 is 1.74 bits per heavy atom. The monoisotopic (exact) mass is 373 g/mol. The summed E-state index contributed by atoms with van der Waals surface area (Å²) in [5, 5.41) is 9.01. The summed E-state index contributed by atoms with van der Waals surface area (Å²) < 4.78 is 27.0. The maximum absolute atomic E-state index is 12.3. The number of halogens is 2. The number of aryl methyl sites for hydroxylation is 1. The summed E-state index contributed by atoms with van der Waals surface area (Å²) in [6, 6.07) is 10.6. The number of carboxylic acids is 1. The summed E-state index contributed by atoms with van der Waals surface area (Å²) in [6.45, 7) is 0. The molecular formula is C15H13Cl2NO4S. The lowest BCUT2D eigenvalue weighted by atomic mass is 10.1. The molecule has 0 heterocycles. The van der Waals surface area contributed by atoms with E-state index in [-0.39, 0.29) is 27.0 Å². The van der Waals surface area contributed by atoms with Crippen LogP contribution in [0.25, 0.3) is 0 Å². The topological polar surface area (TPSA) is 83.5 Å². The van der Waals surface area contributed by atoms with E-state index in [1.54, 1.807) is 24.3 Å². The van der Waals surface area contributed by atoms with Crippen molar-refractivity contribution in [1.29, 1.82) is 0 Å². The van der Waals surface area contributed by atoms with Crippen LogP contribution in [0.2, 0.25) is 10.0 Å². The number of anilines is 1. The third kappa shape index (κ3) is 4.60. The number of aliphatic carboxylic acids is 1. The first-order chi connectivity index (χ1) is 10.8. The number of hydrogen-bond donors (Lipinski definition) is 2. The molecule has 0 fully saturated rings. The predicted octanol–water partition coefficient (Wildman–Crippen LogP) is 3.81. The van der Waals surface area contributed by atoms with E-state index in [9.17, 15) is 13.2 Å². The third-order valence-corrected chi connectivity index (χ3v) is 5.26. The number of nitrogens with one attached hydrogen (secondary N) is 1. The van der Waals surface area contributed by atoms with Gasteiger partial charge >= 0.3 is 5.97 Å². The predicted molar refractivity (Wildman–Crippen MR) is 89.7 cm³/mol. The molecule has 5 nitrogen and oxygen atoms in total. The average molecular weight is 374 g/mol. The molecule has 0 saturated heterocycles. The summed E-state index contributed by atoms with van der Waals surface area (Å²) in [6.07, 6.45) is 0.325. The Morgan fingerprint density at radius 1 is 1.09 bits per heavy atom. The lowest BCUT2D eigenvalue weighted by molar-refractivity contribution is -0.136. The van der Waals surface area contributed by atoms with Crippen LogP contribution in [-0.2, 0) is 21.2 Å². The molecule has 0 aliphatic heterocycles. The highest BCUT2D eigenvalue weighted by atomic mass is 35.5. The van der Waals surface area contributed by atoms with Crippen LogP contribution in [0.15, 0.2) is 47.4 Å². The zero-order chi connectivity index (χ0) is 17.0. The van der Waals surface area contributed by atoms with Crippen LogP contribution in [0.3, 0.4) is 0 Å². The molecule has 2 aromatic rings. The van der Waals surface area contributed by atoms with Gasteiger partial charge in [0.15, 0.2) is 0 Å². The molecule has 0 spiro atoms. The molecule has 0 radical (unpaired) electrons. The van der Waals surface area contributed by atoms with Gasteiger partial charge in [-0.25, -0.2) is 8.42 Å². The minimum absolute atomic E-state index is 0.0114. The standard InChI is InChI=1S/C15H13Cl2NO4S/c16-12-2-1-3-13(15(12)17)18-23(21,22)11-7-4-10(5-8-11)6-9-14(19)20/h1-5,7-8,18H,6,9H2,(H,19,20). The van der Waals surface area contributed by atoms with Crippen molar-refractivity contribution < 1.29 is 18.3 Å². The fraction of sp³-hybridized carbons (Fsp3) is 0.133. The summed E-state index contributed by atoms with van der Waals surface area (Å²) in [4.78, 5) is 10.6. The van der Waals surface area contributed by atoms with E-state index >= 15 is 0 Å². The molecule has 0 bridgehead atoms. The van der Waals surface area contributed by atoms with E-state index < -0.39 is 16.0 Å². The molecule has 2 aromatic carbocycles. The summed E-state index contributed by atoms with van der Waals surface area (Å²) in [5.74, 6) is -0.904. The average Bonchev–Trinajstić information content (AvgIpc) is 2.50. The molecule has 0 aliphatic carbocycles. The van der Waals surface area contributed by atoms with Crippen molar-refractivity contribution in [3.63, 3.8) is 0 Å². The van der Waals surface area contributed by atoms with Crippen LogP contribution in [0, 0.1) is 0 Å². The first kappa shape index (κ1) is 17.6. The molecule has 0 saturated carbocycles. The van der Waals surface area contributed by atoms with Gasteiger partial charge in [0.05, 0.1) is 20.6 Å². The molecule has 0 aliphatic rings. The van der Waals surface area contributed by atoms with Crippen molar-refractivity contribution in [3.05, 3.63) is 58.1 Å². The van der Waals surface area contributed by atoms with Crippen LogP contribution in [0.1, 0.15) is 12.0 Å². The van der Waals surface area contributed by atoms with Gasteiger partial charge in [0, 0.05) is 6.42 Å². The fourth-order valence-electron chi connectivity index (χ4n) is 1.87. The van der Waals surface area contributed by atoms with Gasteiger partial charge in [-0.05, 0) is 36.2 Å². The van der Waals surface area contributed by atoms with Crippen molar-refractivity contribution in [2.24, 2.45) is 0 Å². The molecule has 8 heteroatoms. The second kappa shape index (κ2) is 7.21. The van der Waals surface area contributed by atoms with Gasteiger partial charge in [-0.15, -0.1) is 0 Å². The van der Waals surface area contributed by atoms with Crippen LogP contribution in [0.5, 0.6) is 0 Å². The molecule has 0 unspecified atom stereocenters. The smallest absolute Gasteiger partial charge is 0.303 e. The van der Waals surface area contributed by atoms with Crippen LogP contribution in [0.4, 0.5) is 5.69 Å². The van der Waals surface area contributed by atoms with Gasteiger partial charge < -0.3 is 5.11 Å². The third-order valence-electron chi connectivity index (χ3n) is 3.06. The largest absolute Gasteiger partial charge is 0.481 e. The van der Waals surface area contributed by atoms with E-state index in [1.165, 1.54) is 18.2 Å². The molecular weight excluding hydrogens is 361 g/mol. The Bertz CT molecular complexity index is 820. The van der Waals surface area contributed by atoms with Gasteiger partial charge in [-0.1, -0.05) is 41.4 Å². The Balaban J connectivity index is 2.19. The Kier molecular flexibility index (Phi) is 5.51. The quantitative estimate of drug-likeness (QED) is 0.806. The number of rotatable bonds is 6. The van der Waals surface area contributed by atoms with E-state index in [4.69, 9.17) is 28.3 Å². The van der Waals surface area contributed by atoms with Gasteiger partial charge in [-0.3, -0.25) is 9.52 Å². The minimum Gasteiger partial charge on any atom is -0.481 e. The zero-order valence-corrected chi connectivity index (χ0v) is 14.1. The Labute approximate surface area is 143 Å². The first-order valence-corrected chi connectivity index (χ1v) is 8.81. The normalized spacial score (nSPS) is 11.2. The number of carboxylic acid groups (broad SMARTS) is 1. The lowest BCUT2D eigenvalue weighted by Gasteiger charge is -2.10. The van der Waals surface area contributed by atoms with E-state index in [1.807, 2.05) is 0 Å². The maximum atomic E-state index is 12.3. The molecule has 0 atom stereocenters. The van der Waals surface area contributed by atoms with Gasteiger partial charge in [0.25, 0.3) is 10.0 Å². The van der Waals surface area contributed by atoms with E-state index in [0.29, 0.717) is 6.42 Å². The SMILES string of the molecule is O=C(O)CCc1ccc(S(=O)(=O)Nc2cccc(Cl)c2Cl)cc1. The highest BCUT2D eigenvalue weighted by Gasteiger charge is 2.16. The van der Waals surface area contributed by atoms with E-state index in [0.717, 1.165) is 5.56 Å². The Morgan fingerprint density at radius 3 is 2.35 bits per heavy atom.